The Morgan fingerprint density at radius 1 is 1.00 bits per heavy atom. The summed E-state index contributed by atoms with van der Waals surface area (Å²) in [6.45, 7) is 0.0734. The molecule has 0 atom stereocenters. The third kappa shape index (κ3) is 2.23. The smallest absolute Gasteiger partial charge is 0.118 e. The number of methoxy groups -OCH3 is 1. The first-order chi connectivity index (χ1) is 7.83. The number of rotatable bonds is 3. The van der Waals surface area contributed by atoms with Gasteiger partial charge in [-0.05, 0) is 34.9 Å². The van der Waals surface area contributed by atoms with Crippen molar-refractivity contribution in [1.82, 2.24) is 0 Å². The second kappa shape index (κ2) is 4.81. The van der Waals surface area contributed by atoms with E-state index in [1.807, 2.05) is 48.5 Å². The van der Waals surface area contributed by atoms with E-state index in [1.165, 1.54) is 0 Å². The summed E-state index contributed by atoms with van der Waals surface area (Å²) < 4.78 is 5.11. The largest absolute Gasteiger partial charge is 0.497 e. The molecule has 0 saturated heterocycles. The van der Waals surface area contributed by atoms with Crippen molar-refractivity contribution in [3.8, 4) is 16.9 Å². The van der Waals surface area contributed by atoms with Gasteiger partial charge >= 0.3 is 0 Å². The molecule has 2 nitrogen and oxygen atoms in total. The van der Waals surface area contributed by atoms with Crippen LogP contribution >= 0.6 is 0 Å². The van der Waals surface area contributed by atoms with Gasteiger partial charge in [0.1, 0.15) is 5.75 Å². The van der Waals surface area contributed by atoms with Crippen LogP contribution in [0.3, 0.4) is 0 Å². The first-order valence-electron chi connectivity index (χ1n) is 5.17. The molecule has 0 saturated carbocycles. The zero-order chi connectivity index (χ0) is 11.4. The molecule has 0 spiro atoms. The Kier molecular flexibility index (Phi) is 3.22. The molecule has 0 fully saturated rings. The van der Waals surface area contributed by atoms with Gasteiger partial charge in [0.2, 0.25) is 0 Å². The predicted octanol–water partition coefficient (Wildman–Crippen LogP) is 2.85. The molecule has 16 heavy (non-hydrogen) atoms. The third-order valence-electron chi connectivity index (χ3n) is 2.53. The lowest BCUT2D eigenvalue weighted by Crippen LogP contribution is -1.85. The van der Waals surface area contributed by atoms with Gasteiger partial charge in [-0.25, -0.2) is 0 Å². The molecule has 0 unspecified atom stereocenters. The van der Waals surface area contributed by atoms with Crippen molar-refractivity contribution < 1.29 is 9.84 Å². The van der Waals surface area contributed by atoms with Gasteiger partial charge < -0.3 is 9.84 Å². The SMILES string of the molecule is COc1ccc(-c2cccc(CO)c2)cc1. The van der Waals surface area contributed by atoms with E-state index in [0.717, 1.165) is 22.4 Å². The van der Waals surface area contributed by atoms with Gasteiger partial charge in [0, 0.05) is 0 Å². The van der Waals surface area contributed by atoms with Crippen LogP contribution in [0, 0.1) is 0 Å². The molecule has 0 aliphatic carbocycles. The molecule has 0 amide bonds. The summed E-state index contributed by atoms with van der Waals surface area (Å²) in [6.07, 6.45) is 0. The van der Waals surface area contributed by atoms with E-state index in [0.29, 0.717) is 0 Å². The molecule has 0 aliphatic heterocycles. The van der Waals surface area contributed by atoms with Crippen LogP contribution in [0.15, 0.2) is 48.5 Å². The van der Waals surface area contributed by atoms with Crippen LogP contribution < -0.4 is 4.74 Å². The van der Waals surface area contributed by atoms with E-state index in [2.05, 4.69) is 0 Å². The number of hydrogen-bond acceptors (Lipinski definition) is 2. The summed E-state index contributed by atoms with van der Waals surface area (Å²) in [7, 11) is 1.65. The zero-order valence-electron chi connectivity index (χ0n) is 9.18. The lowest BCUT2D eigenvalue weighted by Gasteiger charge is -2.05. The first kappa shape index (κ1) is 10.7. The Hall–Kier alpha value is -1.80. The topological polar surface area (TPSA) is 29.5 Å². The van der Waals surface area contributed by atoms with Crippen molar-refractivity contribution in [3.05, 3.63) is 54.1 Å². The molecule has 0 aliphatic rings. The number of hydrogen-bond donors (Lipinski definition) is 1. The number of ether oxygens (including phenoxy) is 1. The van der Waals surface area contributed by atoms with Crippen LogP contribution in [0.4, 0.5) is 0 Å². The minimum atomic E-state index is 0.0734. The minimum Gasteiger partial charge on any atom is -0.497 e. The van der Waals surface area contributed by atoms with Crippen LogP contribution in [-0.4, -0.2) is 12.2 Å². The third-order valence-corrected chi connectivity index (χ3v) is 2.53. The maximum atomic E-state index is 9.07. The molecule has 2 rings (SSSR count). The molecule has 0 radical (unpaired) electrons. The molecule has 2 aromatic rings. The summed E-state index contributed by atoms with van der Waals surface area (Å²) in [4.78, 5) is 0. The average Bonchev–Trinajstić information content (AvgIpc) is 2.39. The van der Waals surface area contributed by atoms with E-state index in [9.17, 15) is 0 Å². The van der Waals surface area contributed by atoms with E-state index in [1.54, 1.807) is 7.11 Å². The van der Waals surface area contributed by atoms with Crippen LogP contribution in [0.25, 0.3) is 11.1 Å². The Labute approximate surface area is 95.1 Å². The van der Waals surface area contributed by atoms with E-state index < -0.39 is 0 Å². The lowest BCUT2D eigenvalue weighted by molar-refractivity contribution is 0.282. The standard InChI is InChI=1S/C14H14O2/c1-16-14-7-5-12(6-8-14)13-4-2-3-11(9-13)10-15/h2-9,15H,10H2,1H3. The van der Waals surface area contributed by atoms with E-state index in [4.69, 9.17) is 9.84 Å². The normalized spacial score (nSPS) is 10.1. The van der Waals surface area contributed by atoms with Crippen molar-refractivity contribution >= 4 is 0 Å². The number of aliphatic hydroxyl groups excluding tert-OH is 1. The Morgan fingerprint density at radius 3 is 2.38 bits per heavy atom. The fourth-order valence-corrected chi connectivity index (χ4v) is 1.63. The van der Waals surface area contributed by atoms with Crippen molar-refractivity contribution in [2.45, 2.75) is 6.61 Å². The molecular weight excluding hydrogens is 200 g/mol. The van der Waals surface area contributed by atoms with Gasteiger partial charge in [-0.3, -0.25) is 0 Å². The highest BCUT2D eigenvalue weighted by atomic mass is 16.5. The van der Waals surface area contributed by atoms with E-state index >= 15 is 0 Å². The van der Waals surface area contributed by atoms with Crippen molar-refractivity contribution in [2.75, 3.05) is 7.11 Å². The summed E-state index contributed by atoms with van der Waals surface area (Å²) >= 11 is 0. The van der Waals surface area contributed by atoms with Gasteiger partial charge in [0.25, 0.3) is 0 Å². The number of benzene rings is 2. The molecule has 82 valence electrons. The highest BCUT2D eigenvalue weighted by molar-refractivity contribution is 5.64. The highest BCUT2D eigenvalue weighted by Crippen LogP contribution is 2.23. The molecule has 2 aromatic carbocycles. The maximum Gasteiger partial charge on any atom is 0.118 e. The van der Waals surface area contributed by atoms with Crippen LogP contribution in [0.1, 0.15) is 5.56 Å². The maximum absolute atomic E-state index is 9.07. The zero-order valence-corrected chi connectivity index (χ0v) is 9.18. The number of aliphatic hydroxyl groups is 1. The van der Waals surface area contributed by atoms with Crippen molar-refractivity contribution in [1.29, 1.82) is 0 Å². The molecule has 0 bridgehead atoms. The fourth-order valence-electron chi connectivity index (χ4n) is 1.63. The molecule has 2 heteroatoms. The average molecular weight is 214 g/mol. The lowest BCUT2D eigenvalue weighted by atomic mass is 10.0. The van der Waals surface area contributed by atoms with Crippen LogP contribution in [0.5, 0.6) is 5.75 Å². The Bertz CT molecular complexity index is 460. The van der Waals surface area contributed by atoms with Gasteiger partial charge in [0.15, 0.2) is 0 Å². The van der Waals surface area contributed by atoms with Gasteiger partial charge in [-0.1, -0.05) is 30.3 Å². The van der Waals surface area contributed by atoms with Crippen molar-refractivity contribution in [3.63, 3.8) is 0 Å². The Balaban J connectivity index is 2.34. The molecule has 1 N–H and O–H groups in total. The minimum absolute atomic E-state index is 0.0734. The van der Waals surface area contributed by atoms with Gasteiger partial charge in [-0.15, -0.1) is 0 Å². The monoisotopic (exact) mass is 214 g/mol. The first-order valence-corrected chi connectivity index (χ1v) is 5.17. The predicted molar refractivity (Wildman–Crippen MR) is 64.4 cm³/mol. The molecular formula is C14H14O2. The van der Waals surface area contributed by atoms with E-state index in [-0.39, 0.29) is 6.61 Å². The summed E-state index contributed by atoms with van der Waals surface area (Å²) in [5, 5.41) is 9.07. The van der Waals surface area contributed by atoms with Crippen LogP contribution in [0.2, 0.25) is 0 Å². The second-order valence-corrected chi connectivity index (χ2v) is 3.59. The summed E-state index contributed by atoms with van der Waals surface area (Å²) in [5.41, 5.74) is 3.15. The molecule has 0 heterocycles. The fraction of sp³-hybridized carbons (Fsp3) is 0.143. The van der Waals surface area contributed by atoms with Crippen molar-refractivity contribution in [2.24, 2.45) is 0 Å². The highest BCUT2D eigenvalue weighted by Gasteiger charge is 1.99. The summed E-state index contributed by atoms with van der Waals surface area (Å²) in [6, 6.07) is 15.8. The quantitative estimate of drug-likeness (QED) is 0.851. The van der Waals surface area contributed by atoms with Gasteiger partial charge in [-0.2, -0.15) is 0 Å². The second-order valence-electron chi connectivity index (χ2n) is 3.59. The van der Waals surface area contributed by atoms with Gasteiger partial charge in [0.05, 0.1) is 13.7 Å². The summed E-state index contributed by atoms with van der Waals surface area (Å²) in [5.74, 6) is 0.849. The molecule has 0 aromatic heterocycles. The Morgan fingerprint density at radius 2 is 1.75 bits per heavy atom. The van der Waals surface area contributed by atoms with Crippen LogP contribution in [-0.2, 0) is 6.61 Å².